The van der Waals surface area contributed by atoms with E-state index in [9.17, 15) is 18.0 Å². The van der Waals surface area contributed by atoms with Gasteiger partial charge in [-0.2, -0.15) is 0 Å². The Bertz CT molecular complexity index is 698. The van der Waals surface area contributed by atoms with Crippen LogP contribution in [-0.4, -0.2) is 60.2 Å². The third kappa shape index (κ3) is 6.24. The zero-order valence-corrected chi connectivity index (χ0v) is 14.5. The van der Waals surface area contributed by atoms with Crippen molar-refractivity contribution >= 4 is 23.5 Å². The first-order chi connectivity index (χ1) is 12.7. The summed E-state index contributed by atoms with van der Waals surface area (Å²) < 4.78 is 40.3. The number of halogens is 3. The van der Waals surface area contributed by atoms with E-state index in [2.05, 4.69) is 20.5 Å². The van der Waals surface area contributed by atoms with Crippen molar-refractivity contribution in [3.05, 3.63) is 24.3 Å². The number of ether oxygens (including phenoxy) is 1. The Morgan fingerprint density at radius 2 is 1.74 bits per heavy atom. The maximum Gasteiger partial charge on any atom is 0.573 e. The van der Waals surface area contributed by atoms with Crippen LogP contribution < -0.4 is 21.2 Å². The Kier molecular flexibility index (Phi) is 6.32. The third-order valence-electron chi connectivity index (χ3n) is 3.76. The number of nitrogens with two attached hydrogens (primary N) is 1. The first-order valence-corrected chi connectivity index (χ1v) is 7.94. The van der Waals surface area contributed by atoms with Crippen LogP contribution >= 0.6 is 0 Å². The number of guanidine groups is 2. The number of nitrogens with one attached hydrogen (secondary N) is 3. The summed E-state index contributed by atoms with van der Waals surface area (Å²) in [4.78, 5) is 14.7. The molecule has 0 bridgehead atoms. The summed E-state index contributed by atoms with van der Waals surface area (Å²) in [6.45, 7) is 3.46. The molecule has 148 valence electrons. The molecule has 0 radical (unpaired) electrons. The van der Waals surface area contributed by atoms with Crippen LogP contribution in [0.5, 0.6) is 5.75 Å². The molecular formula is C15H20F3N7O2. The van der Waals surface area contributed by atoms with Crippen molar-refractivity contribution in [2.75, 3.05) is 31.5 Å². The molecule has 0 unspecified atom stereocenters. The largest absolute Gasteiger partial charge is 0.573 e. The lowest BCUT2D eigenvalue weighted by Crippen LogP contribution is -2.54. The van der Waals surface area contributed by atoms with E-state index in [0.29, 0.717) is 31.9 Å². The lowest BCUT2D eigenvalue weighted by Gasteiger charge is -2.35. The maximum atomic E-state index is 12.2. The Hall–Kier alpha value is -3.18. The highest BCUT2D eigenvalue weighted by Crippen LogP contribution is 2.23. The molecular weight excluding hydrogens is 367 g/mol. The van der Waals surface area contributed by atoms with E-state index in [-0.39, 0.29) is 23.6 Å². The highest BCUT2D eigenvalue weighted by atomic mass is 19.4. The van der Waals surface area contributed by atoms with E-state index in [1.165, 1.54) is 19.1 Å². The van der Waals surface area contributed by atoms with Crippen LogP contribution in [0.1, 0.15) is 6.92 Å². The lowest BCUT2D eigenvalue weighted by atomic mass is 10.3. The molecule has 1 saturated heterocycles. The standard InChI is InChI=1S/C15H20F3N7O2/c1-10(26)24-6-8-25(9-7-24)13(19)22-14(23-20)21-11-2-4-12(5-3-11)27-15(16,17)18/h2-5H,6-9,20H2,1H3,(H3,19,21,22,23). The van der Waals surface area contributed by atoms with Gasteiger partial charge in [0.1, 0.15) is 5.75 Å². The Balaban J connectivity index is 1.88. The number of amides is 1. The molecule has 1 fully saturated rings. The minimum Gasteiger partial charge on any atom is -0.406 e. The Morgan fingerprint density at radius 3 is 2.22 bits per heavy atom. The summed E-state index contributed by atoms with van der Waals surface area (Å²) >= 11 is 0. The van der Waals surface area contributed by atoms with Gasteiger partial charge >= 0.3 is 6.36 Å². The van der Waals surface area contributed by atoms with Crippen LogP contribution in [0.3, 0.4) is 0 Å². The van der Waals surface area contributed by atoms with Crippen molar-refractivity contribution in [2.45, 2.75) is 13.3 Å². The Labute approximate surface area is 153 Å². The van der Waals surface area contributed by atoms with E-state index in [1.807, 2.05) is 0 Å². The maximum absolute atomic E-state index is 12.2. The van der Waals surface area contributed by atoms with Gasteiger partial charge in [-0.3, -0.25) is 15.5 Å². The average Bonchev–Trinajstić information content (AvgIpc) is 2.61. The van der Waals surface area contributed by atoms with E-state index >= 15 is 0 Å². The van der Waals surface area contributed by atoms with Crippen molar-refractivity contribution in [1.29, 1.82) is 5.41 Å². The van der Waals surface area contributed by atoms with Gasteiger partial charge in [0, 0.05) is 38.8 Å². The summed E-state index contributed by atoms with van der Waals surface area (Å²) in [7, 11) is 0. The van der Waals surface area contributed by atoms with Gasteiger partial charge in [-0.1, -0.05) is 0 Å². The number of hydrogen-bond donors (Lipinski definition) is 4. The topological polar surface area (TPSA) is 119 Å². The fourth-order valence-electron chi connectivity index (χ4n) is 2.41. The number of anilines is 1. The molecule has 1 amide bonds. The molecule has 1 aliphatic rings. The van der Waals surface area contributed by atoms with Crippen LogP contribution in [0.2, 0.25) is 0 Å². The summed E-state index contributed by atoms with van der Waals surface area (Å²) in [6.07, 6.45) is -4.76. The highest BCUT2D eigenvalue weighted by Gasteiger charge is 2.31. The lowest BCUT2D eigenvalue weighted by molar-refractivity contribution is -0.274. The van der Waals surface area contributed by atoms with Crippen LogP contribution in [0.15, 0.2) is 29.4 Å². The van der Waals surface area contributed by atoms with Gasteiger partial charge in [-0.25, -0.2) is 0 Å². The van der Waals surface area contributed by atoms with E-state index in [4.69, 9.17) is 11.3 Å². The number of alkyl halides is 3. The second-order valence-electron chi connectivity index (χ2n) is 5.64. The number of rotatable bonds is 2. The average molecular weight is 387 g/mol. The van der Waals surface area contributed by atoms with Crippen molar-refractivity contribution in [1.82, 2.24) is 15.1 Å². The molecule has 12 heteroatoms. The summed E-state index contributed by atoms with van der Waals surface area (Å²) in [6, 6.07) is 4.97. The molecule has 5 N–H and O–H groups in total. The van der Waals surface area contributed by atoms with Gasteiger partial charge in [0.15, 0.2) is 5.96 Å². The van der Waals surface area contributed by atoms with Crippen LogP contribution in [0.25, 0.3) is 0 Å². The molecule has 1 aromatic rings. The minimum absolute atomic E-state index is 0.0158. The molecule has 1 aromatic carbocycles. The number of carbonyl (C=O) groups excluding carboxylic acids is 1. The molecule has 0 saturated carbocycles. The molecule has 1 heterocycles. The van der Waals surface area contributed by atoms with Crippen LogP contribution in [0, 0.1) is 5.41 Å². The number of nitrogens with zero attached hydrogens (tertiary/aromatic N) is 3. The van der Waals surface area contributed by atoms with E-state index in [1.54, 1.807) is 9.80 Å². The predicted molar refractivity (Wildman–Crippen MR) is 93.1 cm³/mol. The van der Waals surface area contributed by atoms with Gasteiger partial charge in [0.2, 0.25) is 11.9 Å². The van der Waals surface area contributed by atoms with Crippen LogP contribution in [-0.2, 0) is 4.79 Å². The normalized spacial score (nSPS) is 15.3. The van der Waals surface area contributed by atoms with Crippen molar-refractivity contribution in [3.63, 3.8) is 0 Å². The fraction of sp³-hybridized carbons (Fsp3) is 0.400. The third-order valence-corrected chi connectivity index (χ3v) is 3.76. The van der Waals surface area contributed by atoms with E-state index < -0.39 is 6.36 Å². The summed E-state index contributed by atoms with van der Waals surface area (Å²) in [5.74, 6) is 5.00. The van der Waals surface area contributed by atoms with Gasteiger partial charge in [-0.15, -0.1) is 18.3 Å². The highest BCUT2D eigenvalue weighted by molar-refractivity contribution is 6.04. The van der Waals surface area contributed by atoms with Gasteiger partial charge in [0.25, 0.3) is 0 Å². The van der Waals surface area contributed by atoms with Crippen molar-refractivity contribution in [2.24, 2.45) is 10.9 Å². The number of benzene rings is 1. The second-order valence-corrected chi connectivity index (χ2v) is 5.64. The zero-order chi connectivity index (χ0) is 20.0. The number of hydrazone groups is 1. The number of carbonyl (C=O) groups is 1. The molecule has 0 spiro atoms. The van der Waals surface area contributed by atoms with Gasteiger partial charge < -0.3 is 25.7 Å². The van der Waals surface area contributed by atoms with Gasteiger partial charge in [0.05, 0.1) is 0 Å². The molecule has 0 aliphatic carbocycles. The van der Waals surface area contributed by atoms with Gasteiger partial charge in [-0.05, 0) is 24.3 Å². The first-order valence-electron chi connectivity index (χ1n) is 7.94. The van der Waals surface area contributed by atoms with Crippen LogP contribution in [0.4, 0.5) is 18.9 Å². The second kappa shape index (κ2) is 8.47. The molecule has 2 rings (SSSR count). The minimum atomic E-state index is -4.76. The fourth-order valence-corrected chi connectivity index (χ4v) is 2.41. The SMILES string of the molecule is CC(=O)N1CCN(C(=N)NC(=NN)Nc2ccc(OC(F)(F)F)cc2)CC1. The number of piperazine rings is 1. The van der Waals surface area contributed by atoms with Crippen molar-refractivity contribution in [3.8, 4) is 5.75 Å². The monoisotopic (exact) mass is 387 g/mol. The molecule has 9 nitrogen and oxygen atoms in total. The molecule has 0 aromatic heterocycles. The summed E-state index contributed by atoms with van der Waals surface area (Å²) in [5, 5.41) is 17.0. The molecule has 0 atom stereocenters. The first kappa shape index (κ1) is 20.1. The molecule has 27 heavy (non-hydrogen) atoms. The Morgan fingerprint density at radius 1 is 1.19 bits per heavy atom. The predicted octanol–water partition coefficient (Wildman–Crippen LogP) is 0.915. The number of hydrogen-bond acceptors (Lipinski definition) is 5. The summed E-state index contributed by atoms with van der Waals surface area (Å²) in [5.41, 5.74) is 0.399. The zero-order valence-electron chi connectivity index (χ0n) is 14.5. The molecule has 1 aliphatic heterocycles. The van der Waals surface area contributed by atoms with E-state index in [0.717, 1.165) is 12.1 Å². The smallest absolute Gasteiger partial charge is 0.406 e. The quantitative estimate of drug-likeness (QED) is 0.259. The van der Waals surface area contributed by atoms with Crippen molar-refractivity contribution < 1.29 is 22.7 Å².